The van der Waals surface area contributed by atoms with Gasteiger partial charge in [0.1, 0.15) is 0 Å². The van der Waals surface area contributed by atoms with Crippen LogP contribution in [0.4, 0.5) is 5.69 Å². The van der Waals surface area contributed by atoms with Crippen molar-refractivity contribution >= 4 is 17.3 Å². The van der Waals surface area contributed by atoms with E-state index < -0.39 is 0 Å². The maximum Gasteiger partial charge on any atom is 0.0408 e. The molecule has 2 aromatic carbocycles. The van der Waals surface area contributed by atoms with Crippen LogP contribution in [-0.4, -0.2) is 0 Å². The maximum atomic E-state index is 5.95. The van der Waals surface area contributed by atoms with Crippen molar-refractivity contribution in [3.05, 3.63) is 64.2 Å². The van der Waals surface area contributed by atoms with Gasteiger partial charge in [0.15, 0.2) is 0 Å². The second kappa shape index (κ2) is 5.92. The van der Waals surface area contributed by atoms with Gasteiger partial charge >= 0.3 is 0 Å². The third-order valence-electron chi connectivity index (χ3n) is 3.15. The van der Waals surface area contributed by atoms with Gasteiger partial charge in [0.25, 0.3) is 0 Å². The van der Waals surface area contributed by atoms with E-state index in [4.69, 9.17) is 11.6 Å². The van der Waals surface area contributed by atoms with Crippen LogP contribution in [0.2, 0.25) is 5.02 Å². The first-order valence-corrected chi connectivity index (χ1v) is 6.64. The zero-order valence-corrected chi connectivity index (χ0v) is 11.6. The minimum Gasteiger partial charge on any atom is -0.381 e. The summed E-state index contributed by atoms with van der Waals surface area (Å²) in [5, 5.41) is 4.22. The number of hydrogen-bond donors (Lipinski definition) is 1. The quantitative estimate of drug-likeness (QED) is 0.830. The van der Waals surface area contributed by atoms with Gasteiger partial charge in [-0.3, -0.25) is 0 Å². The first-order chi connectivity index (χ1) is 8.69. The van der Waals surface area contributed by atoms with E-state index in [0.29, 0.717) is 0 Å². The molecule has 0 heterocycles. The Kier molecular flexibility index (Phi) is 4.27. The van der Waals surface area contributed by atoms with Gasteiger partial charge < -0.3 is 5.32 Å². The molecule has 0 fully saturated rings. The lowest BCUT2D eigenvalue weighted by molar-refractivity contribution is 1.11. The lowest BCUT2D eigenvalue weighted by atomic mass is 10.1. The minimum absolute atomic E-state index is 0.795. The maximum absolute atomic E-state index is 5.95. The van der Waals surface area contributed by atoms with Crippen LogP contribution in [0, 0.1) is 6.92 Å². The predicted molar refractivity (Wildman–Crippen MR) is 79.3 cm³/mol. The first-order valence-electron chi connectivity index (χ1n) is 6.27. The van der Waals surface area contributed by atoms with E-state index in [0.717, 1.165) is 23.7 Å². The summed E-state index contributed by atoms with van der Waals surface area (Å²) in [7, 11) is 0. The fraction of sp³-hybridized carbons (Fsp3) is 0.250. The van der Waals surface area contributed by atoms with Gasteiger partial charge in [0.2, 0.25) is 0 Å². The van der Waals surface area contributed by atoms with Crippen molar-refractivity contribution in [2.45, 2.75) is 26.8 Å². The van der Waals surface area contributed by atoms with Crippen LogP contribution < -0.4 is 5.32 Å². The minimum atomic E-state index is 0.795. The van der Waals surface area contributed by atoms with Crippen molar-refractivity contribution in [3.8, 4) is 0 Å². The molecule has 0 amide bonds. The number of rotatable bonds is 4. The molecule has 0 bridgehead atoms. The highest BCUT2D eigenvalue weighted by Crippen LogP contribution is 2.17. The standard InChI is InChI=1S/C16H18ClN/c1-3-13-4-8-16(9-5-13)18-11-14-6-7-15(17)10-12(14)2/h4-10,18H,3,11H2,1-2H3. The largest absolute Gasteiger partial charge is 0.381 e. The van der Waals surface area contributed by atoms with Crippen LogP contribution in [0.15, 0.2) is 42.5 Å². The normalized spacial score (nSPS) is 10.4. The summed E-state index contributed by atoms with van der Waals surface area (Å²) < 4.78 is 0. The highest BCUT2D eigenvalue weighted by Gasteiger charge is 1.99. The topological polar surface area (TPSA) is 12.0 Å². The van der Waals surface area contributed by atoms with Gasteiger partial charge in [-0.1, -0.05) is 36.7 Å². The fourth-order valence-electron chi connectivity index (χ4n) is 1.91. The Morgan fingerprint density at radius 1 is 1.06 bits per heavy atom. The van der Waals surface area contributed by atoms with Crippen LogP contribution in [-0.2, 0) is 13.0 Å². The second-order valence-corrected chi connectivity index (χ2v) is 4.91. The molecule has 0 atom stereocenters. The third-order valence-corrected chi connectivity index (χ3v) is 3.38. The van der Waals surface area contributed by atoms with Gasteiger partial charge in [-0.05, 0) is 54.3 Å². The highest BCUT2D eigenvalue weighted by atomic mass is 35.5. The molecule has 0 saturated heterocycles. The molecule has 2 heteroatoms. The molecule has 2 aromatic rings. The highest BCUT2D eigenvalue weighted by molar-refractivity contribution is 6.30. The fourth-order valence-corrected chi connectivity index (χ4v) is 2.14. The van der Waals surface area contributed by atoms with Crippen molar-refractivity contribution in [3.63, 3.8) is 0 Å². The molecule has 0 saturated carbocycles. The Morgan fingerprint density at radius 3 is 2.39 bits per heavy atom. The van der Waals surface area contributed by atoms with Crippen molar-refractivity contribution < 1.29 is 0 Å². The molecule has 0 spiro atoms. The number of aryl methyl sites for hydroxylation is 2. The van der Waals surface area contributed by atoms with Gasteiger partial charge in [-0.15, -0.1) is 0 Å². The lowest BCUT2D eigenvalue weighted by Gasteiger charge is -2.10. The Morgan fingerprint density at radius 2 is 1.78 bits per heavy atom. The van der Waals surface area contributed by atoms with Crippen LogP contribution in [0.1, 0.15) is 23.6 Å². The molecule has 1 nitrogen and oxygen atoms in total. The lowest BCUT2D eigenvalue weighted by Crippen LogP contribution is -2.01. The number of anilines is 1. The molecular weight excluding hydrogens is 242 g/mol. The molecule has 0 aliphatic carbocycles. The Bertz CT molecular complexity index is 517. The second-order valence-electron chi connectivity index (χ2n) is 4.47. The molecule has 0 aromatic heterocycles. The summed E-state index contributed by atoms with van der Waals surface area (Å²) in [6.07, 6.45) is 1.08. The molecule has 0 unspecified atom stereocenters. The smallest absolute Gasteiger partial charge is 0.0408 e. The summed E-state index contributed by atoms with van der Waals surface area (Å²) in [5.41, 5.74) is 5.02. The summed E-state index contributed by atoms with van der Waals surface area (Å²) in [6, 6.07) is 14.6. The van der Waals surface area contributed by atoms with Crippen molar-refractivity contribution in [2.75, 3.05) is 5.32 Å². The summed E-state index contributed by atoms with van der Waals surface area (Å²) in [6.45, 7) is 5.08. The first kappa shape index (κ1) is 13.0. The number of hydrogen-bond acceptors (Lipinski definition) is 1. The average molecular weight is 260 g/mol. The van der Waals surface area contributed by atoms with Crippen LogP contribution in [0.5, 0.6) is 0 Å². The molecule has 0 radical (unpaired) electrons. The molecular formula is C16H18ClN. The summed E-state index contributed by atoms with van der Waals surface area (Å²) in [4.78, 5) is 0. The van der Waals surface area contributed by atoms with E-state index in [1.54, 1.807) is 0 Å². The number of benzene rings is 2. The summed E-state index contributed by atoms with van der Waals surface area (Å²) >= 11 is 5.95. The van der Waals surface area contributed by atoms with Gasteiger partial charge in [0.05, 0.1) is 0 Å². The molecule has 2 rings (SSSR count). The van der Waals surface area contributed by atoms with Crippen LogP contribution in [0.3, 0.4) is 0 Å². The predicted octanol–water partition coefficient (Wildman–Crippen LogP) is 4.82. The zero-order chi connectivity index (χ0) is 13.0. The van der Waals surface area contributed by atoms with E-state index in [9.17, 15) is 0 Å². The molecule has 18 heavy (non-hydrogen) atoms. The van der Waals surface area contributed by atoms with E-state index in [2.05, 4.69) is 49.5 Å². The molecule has 0 aliphatic heterocycles. The Balaban J connectivity index is 2.02. The number of halogens is 1. The van der Waals surface area contributed by atoms with Crippen molar-refractivity contribution in [1.29, 1.82) is 0 Å². The van der Waals surface area contributed by atoms with Crippen molar-refractivity contribution in [2.24, 2.45) is 0 Å². The third kappa shape index (κ3) is 3.27. The van der Waals surface area contributed by atoms with Crippen LogP contribution >= 0.6 is 11.6 Å². The van der Waals surface area contributed by atoms with Gasteiger partial charge in [-0.2, -0.15) is 0 Å². The van der Waals surface area contributed by atoms with Crippen LogP contribution in [0.25, 0.3) is 0 Å². The van der Waals surface area contributed by atoms with E-state index in [1.165, 1.54) is 16.7 Å². The van der Waals surface area contributed by atoms with E-state index in [1.807, 2.05) is 12.1 Å². The average Bonchev–Trinajstić information content (AvgIpc) is 2.38. The molecule has 0 aliphatic rings. The summed E-state index contributed by atoms with van der Waals surface area (Å²) in [5.74, 6) is 0. The van der Waals surface area contributed by atoms with Crippen molar-refractivity contribution in [1.82, 2.24) is 0 Å². The van der Waals surface area contributed by atoms with E-state index in [-0.39, 0.29) is 0 Å². The zero-order valence-electron chi connectivity index (χ0n) is 10.8. The molecule has 1 N–H and O–H groups in total. The van der Waals surface area contributed by atoms with Gasteiger partial charge in [0, 0.05) is 17.3 Å². The SMILES string of the molecule is CCc1ccc(NCc2ccc(Cl)cc2C)cc1. The monoisotopic (exact) mass is 259 g/mol. The molecule has 94 valence electrons. The number of nitrogens with one attached hydrogen (secondary N) is 1. The Hall–Kier alpha value is -1.47. The van der Waals surface area contributed by atoms with Gasteiger partial charge in [-0.25, -0.2) is 0 Å². The van der Waals surface area contributed by atoms with E-state index >= 15 is 0 Å². The Labute approximate surface area is 114 Å².